The fraction of sp³-hybridized carbons (Fsp3) is 0.400. The van der Waals surface area contributed by atoms with E-state index < -0.39 is 0 Å². The lowest BCUT2D eigenvalue weighted by Crippen LogP contribution is -2.33. The van der Waals surface area contributed by atoms with Crippen LogP contribution in [-0.2, 0) is 11.2 Å². The van der Waals surface area contributed by atoms with E-state index in [4.69, 9.17) is 9.84 Å². The van der Waals surface area contributed by atoms with Gasteiger partial charge in [0, 0.05) is 19.5 Å². The summed E-state index contributed by atoms with van der Waals surface area (Å²) in [4.78, 5) is 13.6. The van der Waals surface area contributed by atoms with Crippen molar-refractivity contribution in [1.29, 1.82) is 0 Å². The fourth-order valence-electron chi connectivity index (χ4n) is 1.80. The van der Waals surface area contributed by atoms with Gasteiger partial charge in [-0.1, -0.05) is 18.2 Å². The minimum Gasteiger partial charge on any atom is -0.497 e. The van der Waals surface area contributed by atoms with E-state index in [1.165, 1.54) is 0 Å². The molecule has 0 atom stereocenters. The van der Waals surface area contributed by atoms with Gasteiger partial charge in [0.25, 0.3) is 0 Å². The van der Waals surface area contributed by atoms with Gasteiger partial charge in [-0.05, 0) is 24.1 Å². The maximum absolute atomic E-state index is 12.0. The third-order valence-corrected chi connectivity index (χ3v) is 2.86. The van der Waals surface area contributed by atoms with E-state index in [0.717, 1.165) is 11.3 Å². The Bertz CT molecular complexity index is 400. The van der Waals surface area contributed by atoms with E-state index >= 15 is 0 Å². The van der Waals surface area contributed by atoms with Gasteiger partial charge in [0.05, 0.1) is 13.7 Å². The molecule has 0 radical (unpaired) electrons. The Morgan fingerprint density at radius 3 is 2.63 bits per heavy atom. The van der Waals surface area contributed by atoms with Gasteiger partial charge in [0.15, 0.2) is 0 Å². The highest BCUT2D eigenvalue weighted by Crippen LogP contribution is 2.13. The Kier molecular flexibility index (Phi) is 6.68. The SMILES string of the molecule is C=CCN(CCO)C(=O)CCc1ccc(OC)cc1. The minimum absolute atomic E-state index is 0.0257. The van der Waals surface area contributed by atoms with Crippen molar-refractivity contribution in [2.75, 3.05) is 26.8 Å². The van der Waals surface area contributed by atoms with Crippen molar-refractivity contribution in [3.8, 4) is 5.75 Å². The van der Waals surface area contributed by atoms with Gasteiger partial charge in [-0.15, -0.1) is 6.58 Å². The molecule has 4 nitrogen and oxygen atoms in total. The summed E-state index contributed by atoms with van der Waals surface area (Å²) >= 11 is 0. The van der Waals surface area contributed by atoms with Gasteiger partial charge in [-0.3, -0.25) is 4.79 Å². The van der Waals surface area contributed by atoms with Crippen LogP contribution in [0.2, 0.25) is 0 Å². The molecule has 19 heavy (non-hydrogen) atoms. The van der Waals surface area contributed by atoms with Crippen LogP contribution in [0.3, 0.4) is 0 Å². The Hall–Kier alpha value is -1.81. The number of hydrogen-bond acceptors (Lipinski definition) is 3. The fourth-order valence-corrected chi connectivity index (χ4v) is 1.80. The molecule has 0 aliphatic rings. The number of aliphatic hydroxyl groups excluding tert-OH is 1. The van der Waals surface area contributed by atoms with Crippen LogP contribution in [0.1, 0.15) is 12.0 Å². The van der Waals surface area contributed by atoms with Crippen LogP contribution in [0.15, 0.2) is 36.9 Å². The van der Waals surface area contributed by atoms with Crippen LogP contribution in [0, 0.1) is 0 Å². The zero-order chi connectivity index (χ0) is 14.1. The monoisotopic (exact) mass is 263 g/mol. The molecular weight excluding hydrogens is 242 g/mol. The first-order chi connectivity index (χ1) is 9.21. The maximum Gasteiger partial charge on any atom is 0.223 e. The van der Waals surface area contributed by atoms with Crippen molar-refractivity contribution in [1.82, 2.24) is 4.90 Å². The molecule has 4 heteroatoms. The first-order valence-electron chi connectivity index (χ1n) is 6.33. The maximum atomic E-state index is 12.0. The molecule has 1 aromatic rings. The summed E-state index contributed by atoms with van der Waals surface area (Å²) in [6.07, 6.45) is 2.78. The third kappa shape index (κ3) is 5.14. The first-order valence-corrected chi connectivity index (χ1v) is 6.33. The first kappa shape index (κ1) is 15.2. The topological polar surface area (TPSA) is 49.8 Å². The molecule has 0 saturated heterocycles. The number of carbonyl (C=O) groups is 1. The van der Waals surface area contributed by atoms with Crippen LogP contribution >= 0.6 is 0 Å². The van der Waals surface area contributed by atoms with E-state index in [9.17, 15) is 4.79 Å². The van der Waals surface area contributed by atoms with Gasteiger partial charge >= 0.3 is 0 Å². The summed E-state index contributed by atoms with van der Waals surface area (Å²) in [5.41, 5.74) is 1.09. The average molecular weight is 263 g/mol. The number of nitrogens with zero attached hydrogens (tertiary/aromatic N) is 1. The highest BCUT2D eigenvalue weighted by Gasteiger charge is 2.11. The van der Waals surface area contributed by atoms with Crippen molar-refractivity contribution in [3.05, 3.63) is 42.5 Å². The summed E-state index contributed by atoms with van der Waals surface area (Å²) in [5, 5.41) is 8.91. The molecule has 1 rings (SSSR count). The molecule has 1 amide bonds. The average Bonchev–Trinajstić information content (AvgIpc) is 2.45. The van der Waals surface area contributed by atoms with E-state index in [0.29, 0.717) is 25.9 Å². The molecule has 1 aromatic carbocycles. The van der Waals surface area contributed by atoms with Gasteiger partial charge in [-0.25, -0.2) is 0 Å². The summed E-state index contributed by atoms with van der Waals surface area (Å²) in [6, 6.07) is 7.68. The summed E-state index contributed by atoms with van der Waals surface area (Å²) in [7, 11) is 1.63. The Morgan fingerprint density at radius 2 is 2.11 bits per heavy atom. The number of aryl methyl sites for hydroxylation is 1. The Labute approximate surface area is 114 Å². The lowest BCUT2D eigenvalue weighted by atomic mass is 10.1. The quantitative estimate of drug-likeness (QED) is 0.725. The number of hydrogen-bond donors (Lipinski definition) is 1. The molecular formula is C15H21NO3. The second-order valence-corrected chi connectivity index (χ2v) is 4.20. The van der Waals surface area contributed by atoms with Crippen molar-refractivity contribution in [2.45, 2.75) is 12.8 Å². The lowest BCUT2D eigenvalue weighted by molar-refractivity contribution is -0.131. The predicted octanol–water partition coefficient (Wildman–Crippen LogP) is 1.63. The number of benzene rings is 1. The molecule has 0 unspecified atom stereocenters. The Morgan fingerprint density at radius 1 is 1.42 bits per heavy atom. The third-order valence-electron chi connectivity index (χ3n) is 2.86. The smallest absolute Gasteiger partial charge is 0.223 e. The number of ether oxygens (including phenoxy) is 1. The summed E-state index contributed by atoms with van der Waals surface area (Å²) < 4.78 is 5.08. The molecule has 0 aliphatic heterocycles. The van der Waals surface area contributed by atoms with Crippen molar-refractivity contribution in [3.63, 3.8) is 0 Å². The van der Waals surface area contributed by atoms with E-state index in [1.54, 1.807) is 18.1 Å². The number of rotatable bonds is 8. The van der Waals surface area contributed by atoms with E-state index in [-0.39, 0.29) is 12.5 Å². The summed E-state index contributed by atoms with van der Waals surface area (Å²) in [5.74, 6) is 0.841. The largest absolute Gasteiger partial charge is 0.497 e. The van der Waals surface area contributed by atoms with Crippen LogP contribution in [0.5, 0.6) is 5.75 Å². The highest BCUT2D eigenvalue weighted by atomic mass is 16.5. The molecule has 0 aliphatic carbocycles. The lowest BCUT2D eigenvalue weighted by Gasteiger charge is -2.19. The zero-order valence-electron chi connectivity index (χ0n) is 11.3. The van der Waals surface area contributed by atoms with Gasteiger partial charge in [0.2, 0.25) is 5.91 Å². The number of carbonyl (C=O) groups excluding carboxylic acids is 1. The molecule has 0 saturated carbocycles. The van der Waals surface area contributed by atoms with E-state index in [2.05, 4.69) is 6.58 Å². The molecule has 104 valence electrons. The van der Waals surface area contributed by atoms with Crippen molar-refractivity contribution < 1.29 is 14.6 Å². The number of amides is 1. The van der Waals surface area contributed by atoms with Gasteiger partial charge in [-0.2, -0.15) is 0 Å². The van der Waals surface area contributed by atoms with Crippen LogP contribution in [0.25, 0.3) is 0 Å². The van der Waals surface area contributed by atoms with Crippen LogP contribution in [0.4, 0.5) is 0 Å². The zero-order valence-corrected chi connectivity index (χ0v) is 11.3. The van der Waals surface area contributed by atoms with Crippen LogP contribution < -0.4 is 4.74 Å². The standard InChI is InChI=1S/C15H21NO3/c1-3-10-16(11-12-17)15(18)9-6-13-4-7-14(19-2)8-5-13/h3-5,7-8,17H,1,6,9-12H2,2H3. The molecule has 0 heterocycles. The van der Waals surface area contributed by atoms with Crippen molar-refractivity contribution >= 4 is 5.91 Å². The van der Waals surface area contributed by atoms with Gasteiger partial charge in [0.1, 0.15) is 5.75 Å². The molecule has 0 aromatic heterocycles. The van der Waals surface area contributed by atoms with Crippen LogP contribution in [-0.4, -0.2) is 42.7 Å². The molecule has 1 N–H and O–H groups in total. The summed E-state index contributed by atoms with van der Waals surface area (Å²) in [6.45, 7) is 4.42. The highest BCUT2D eigenvalue weighted by molar-refractivity contribution is 5.76. The minimum atomic E-state index is -0.0257. The number of methoxy groups -OCH3 is 1. The van der Waals surface area contributed by atoms with Gasteiger partial charge < -0.3 is 14.7 Å². The normalized spacial score (nSPS) is 10.0. The van der Waals surface area contributed by atoms with Crippen molar-refractivity contribution in [2.24, 2.45) is 0 Å². The second kappa shape index (κ2) is 8.32. The Balaban J connectivity index is 2.49. The molecule has 0 bridgehead atoms. The molecule has 0 spiro atoms. The second-order valence-electron chi connectivity index (χ2n) is 4.20. The predicted molar refractivity (Wildman–Crippen MR) is 75.2 cm³/mol. The number of aliphatic hydroxyl groups is 1. The molecule has 0 fully saturated rings. The van der Waals surface area contributed by atoms with E-state index in [1.807, 2.05) is 24.3 Å².